The first-order valence-corrected chi connectivity index (χ1v) is 6.87. The summed E-state index contributed by atoms with van der Waals surface area (Å²) >= 11 is 14.9. The van der Waals surface area contributed by atoms with Crippen molar-refractivity contribution < 1.29 is 4.92 Å². The number of hydrogen-bond donors (Lipinski definition) is 1. The average Bonchev–Trinajstić information content (AvgIpc) is 2.01. The van der Waals surface area contributed by atoms with Crippen LogP contribution in [0, 0.1) is 10.1 Å². The van der Waals surface area contributed by atoms with Crippen LogP contribution in [0.15, 0.2) is 5.16 Å². The summed E-state index contributed by atoms with van der Waals surface area (Å²) in [5, 5.41) is 10.1. The number of rotatable bonds is 3. The minimum Gasteiger partial charge on any atom is -0.258 e. The Balaban J connectivity index is 3.18. The van der Waals surface area contributed by atoms with E-state index >= 15 is 0 Å². The topological polar surface area (TPSA) is 68.9 Å². The van der Waals surface area contributed by atoms with Crippen LogP contribution in [-0.2, 0) is 0 Å². The fourth-order valence-corrected chi connectivity index (χ4v) is 2.58. The van der Waals surface area contributed by atoms with Crippen LogP contribution < -0.4 is 0 Å². The molecule has 0 aliphatic rings. The van der Waals surface area contributed by atoms with Gasteiger partial charge in [-0.05, 0) is 20.6 Å². The molecule has 0 unspecified atom stereocenters. The van der Waals surface area contributed by atoms with Gasteiger partial charge >= 0.3 is 5.69 Å². The molecule has 1 aromatic rings. The number of nitro groups is 1. The van der Waals surface area contributed by atoms with Crippen molar-refractivity contribution in [3.8, 4) is 0 Å². The summed E-state index contributed by atoms with van der Waals surface area (Å²) in [6.07, 6.45) is 0. The molecule has 0 fully saturated rings. The van der Waals surface area contributed by atoms with Gasteiger partial charge in [0.15, 0.2) is 0 Å². The Morgan fingerprint density at radius 3 is 2.21 bits per heavy atom. The molecule has 14 heavy (non-hydrogen) atoms. The number of hydrogen-bond acceptors (Lipinski definition) is 7. The third kappa shape index (κ3) is 2.80. The van der Waals surface area contributed by atoms with Gasteiger partial charge in [-0.1, -0.05) is 34.9 Å². The zero-order valence-corrected chi connectivity index (χ0v) is 10.2. The zero-order valence-electron chi connectivity index (χ0n) is 6.18. The van der Waals surface area contributed by atoms with Gasteiger partial charge in [0.25, 0.3) is 0 Å². The normalized spacial score (nSPS) is 10.2. The van der Waals surface area contributed by atoms with Crippen LogP contribution in [0.4, 0.5) is 5.69 Å². The van der Waals surface area contributed by atoms with E-state index in [9.17, 15) is 10.1 Å². The van der Waals surface area contributed by atoms with Gasteiger partial charge in [0, 0.05) is 0 Å². The van der Waals surface area contributed by atoms with Crippen LogP contribution in [0.2, 0.25) is 10.3 Å². The molecule has 0 amide bonds. The monoisotopic (exact) mass is 289 g/mol. The fraction of sp³-hybridized carbons (Fsp3) is 0. The van der Waals surface area contributed by atoms with Gasteiger partial charge in [-0.2, -0.15) is 0 Å². The van der Waals surface area contributed by atoms with Crippen molar-refractivity contribution in [1.29, 1.82) is 0 Å². The van der Waals surface area contributed by atoms with Crippen molar-refractivity contribution in [1.82, 2.24) is 9.97 Å². The Morgan fingerprint density at radius 1 is 1.36 bits per heavy atom. The summed E-state index contributed by atoms with van der Waals surface area (Å²) in [6, 6.07) is 0. The van der Waals surface area contributed by atoms with E-state index in [1.165, 1.54) is 0 Å². The first-order valence-electron chi connectivity index (χ1n) is 2.91. The Bertz CT molecular complexity index is 354. The second kappa shape index (κ2) is 5.26. The van der Waals surface area contributed by atoms with E-state index in [0.29, 0.717) is 0 Å². The van der Waals surface area contributed by atoms with Crippen molar-refractivity contribution in [2.24, 2.45) is 0 Å². The van der Waals surface area contributed by atoms with E-state index in [4.69, 9.17) is 23.2 Å². The SMILES string of the molecule is O=[N+]([O-])c1c(Cl)nc(SSS)nc1Cl. The lowest BCUT2D eigenvalue weighted by molar-refractivity contribution is -0.385. The van der Waals surface area contributed by atoms with E-state index in [-0.39, 0.29) is 15.5 Å². The summed E-state index contributed by atoms with van der Waals surface area (Å²) in [6.45, 7) is 0. The van der Waals surface area contributed by atoms with Crippen LogP contribution in [0.1, 0.15) is 0 Å². The molecule has 1 aromatic heterocycles. The highest BCUT2D eigenvalue weighted by Crippen LogP contribution is 2.36. The second-order valence-corrected chi connectivity index (χ2v) is 5.54. The highest BCUT2D eigenvalue weighted by molar-refractivity contribution is 9.05. The molecular formula is C4HCl2N3O2S3. The van der Waals surface area contributed by atoms with Gasteiger partial charge in [-0.25, -0.2) is 9.97 Å². The second-order valence-electron chi connectivity index (χ2n) is 1.85. The van der Waals surface area contributed by atoms with E-state index in [2.05, 4.69) is 21.6 Å². The van der Waals surface area contributed by atoms with Crippen LogP contribution in [0.25, 0.3) is 0 Å². The molecule has 0 aromatic carbocycles. The Labute approximate surface area is 101 Å². The summed E-state index contributed by atoms with van der Waals surface area (Å²) < 4.78 is 0. The minimum atomic E-state index is -0.729. The molecule has 0 atom stereocenters. The summed E-state index contributed by atoms with van der Waals surface area (Å²) in [4.78, 5) is 17.0. The van der Waals surface area contributed by atoms with Crippen LogP contribution >= 0.6 is 55.5 Å². The lowest BCUT2D eigenvalue weighted by Gasteiger charge is -1.99. The predicted molar refractivity (Wildman–Crippen MR) is 61.1 cm³/mol. The molecular weight excluding hydrogens is 289 g/mol. The quantitative estimate of drug-likeness (QED) is 0.230. The van der Waals surface area contributed by atoms with Crippen LogP contribution in [0.3, 0.4) is 0 Å². The zero-order chi connectivity index (χ0) is 10.7. The number of thiol groups is 1. The first kappa shape index (κ1) is 12.2. The lowest BCUT2D eigenvalue weighted by atomic mass is 10.5. The van der Waals surface area contributed by atoms with Crippen LogP contribution in [0.5, 0.6) is 0 Å². The van der Waals surface area contributed by atoms with Gasteiger partial charge in [0.1, 0.15) is 0 Å². The van der Waals surface area contributed by atoms with Gasteiger partial charge in [0.2, 0.25) is 15.5 Å². The largest absolute Gasteiger partial charge is 0.343 e. The maximum Gasteiger partial charge on any atom is 0.343 e. The van der Waals surface area contributed by atoms with Gasteiger partial charge in [0.05, 0.1) is 4.92 Å². The van der Waals surface area contributed by atoms with Crippen molar-refractivity contribution in [2.45, 2.75) is 5.16 Å². The van der Waals surface area contributed by atoms with Crippen molar-refractivity contribution >= 4 is 61.2 Å². The Morgan fingerprint density at radius 2 is 1.86 bits per heavy atom. The molecule has 1 heterocycles. The number of aromatic nitrogens is 2. The third-order valence-corrected chi connectivity index (χ3v) is 3.35. The summed E-state index contributed by atoms with van der Waals surface area (Å²) in [7, 11) is 2.18. The number of halogens is 2. The lowest BCUT2D eigenvalue weighted by Crippen LogP contribution is -1.96. The highest BCUT2D eigenvalue weighted by atomic mass is 35.5. The summed E-state index contributed by atoms with van der Waals surface area (Å²) in [5.74, 6) is 0. The Kier molecular flexibility index (Phi) is 4.58. The maximum absolute atomic E-state index is 10.4. The fourth-order valence-electron chi connectivity index (χ4n) is 0.605. The third-order valence-electron chi connectivity index (χ3n) is 1.07. The van der Waals surface area contributed by atoms with Gasteiger partial charge < -0.3 is 0 Å². The van der Waals surface area contributed by atoms with Gasteiger partial charge in [-0.15, -0.1) is 0 Å². The molecule has 0 N–H and O–H groups in total. The molecule has 0 aliphatic heterocycles. The molecule has 0 spiro atoms. The molecule has 10 heteroatoms. The molecule has 0 saturated heterocycles. The first-order chi connectivity index (χ1) is 6.56. The molecule has 76 valence electrons. The standard InChI is InChI=1S/C4HCl2N3O2S3/c5-2-1(9(10)11)3(6)8-4(7-2)13-14-12/h12H. The van der Waals surface area contributed by atoms with Crippen molar-refractivity contribution in [2.75, 3.05) is 0 Å². The van der Waals surface area contributed by atoms with E-state index < -0.39 is 10.6 Å². The average molecular weight is 290 g/mol. The van der Waals surface area contributed by atoms with E-state index in [1.54, 1.807) is 0 Å². The summed E-state index contributed by atoms with van der Waals surface area (Å²) in [5.41, 5.74) is -0.484. The number of nitrogens with zero attached hydrogens (tertiary/aromatic N) is 3. The molecule has 0 aliphatic carbocycles. The molecule has 0 saturated carbocycles. The van der Waals surface area contributed by atoms with Crippen LogP contribution in [-0.4, -0.2) is 14.9 Å². The van der Waals surface area contributed by atoms with E-state index in [1.807, 2.05) is 0 Å². The van der Waals surface area contributed by atoms with Gasteiger partial charge in [-0.3, -0.25) is 10.1 Å². The molecule has 0 radical (unpaired) electrons. The highest BCUT2D eigenvalue weighted by Gasteiger charge is 2.22. The minimum absolute atomic E-state index is 0.227. The Hall–Kier alpha value is 0.110. The van der Waals surface area contributed by atoms with Crippen molar-refractivity contribution in [3.63, 3.8) is 0 Å². The smallest absolute Gasteiger partial charge is 0.258 e. The molecule has 5 nitrogen and oxygen atoms in total. The van der Waals surface area contributed by atoms with E-state index in [0.717, 1.165) is 20.6 Å². The molecule has 0 bridgehead atoms. The molecule has 1 rings (SSSR count). The predicted octanol–water partition coefficient (Wildman–Crippen LogP) is 3.28. The maximum atomic E-state index is 10.4. The van der Waals surface area contributed by atoms with Crippen molar-refractivity contribution in [3.05, 3.63) is 20.4 Å².